The second-order valence-electron chi connectivity index (χ2n) is 9.05. The molecule has 1 saturated heterocycles. The number of likely N-dealkylation sites (tertiary alicyclic amines) is 1. The van der Waals surface area contributed by atoms with E-state index in [0.717, 1.165) is 55.3 Å². The molecule has 2 heterocycles. The molecule has 164 valence electrons. The van der Waals surface area contributed by atoms with E-state index in [9.17, 15) is 4.79 Å². The molecule has 5 heteroatoms. The van der Waals surface area contributed by atoms with Crippen LogP contribution in [0.25, 0.3) is 0 Å². The van der Waals surface area contributed by atoms with Gasteiger partial charge in [-0.05, 0) is 86.7 Å². The molecule has 1 atom stereocenters. The maximum atomic E-state index is 13.4. The minimum absolute atomic E-state index is 0.0618. The summed E-state index contributed by atoms with van der Waals surface area (Å²) in [5, 5.41) is 6.61. The number of aryl methyl sites for hydroxylation is 2. The fourth-order valence-electron chi connectivity index (χ4n) is 4.54. The van der Waals surface area contributed by atoms with Gasteiger partial charge in [0.15, 0.2) is 0 Å². The molecule has 0 aromatic heterocycles. The van der Waals surface area contributed by atoms with Gasteiger partial charge in [-0.25, -0.2) is 5.01 Å². The molecular weight excluding hydrogens is 386 g/mol. The molecule has 2 aromatic carbocycles. The van der Waals surface area contributed by atoms with Crippen LogP contribution in [0.2, 0.25) is 0 Å². The predicted molar refractivity (Wildman–Crippen MR) is 124 cm³/mol. The lowest BCUT2D eigenvalue weighted by molar-refractivity contribution is -0.134. The number of rotatable bonds is 5. The van der Waals surface area contributed by atoms with Crippen molar-refractivity contribution < 1.29 is 9.53 Å². The van der Waals surface area contributed by atoms with Crippen LogP contribution in [-0.4, -0.2) is 48.3 Å². The minimum atomic E-state index is -0.0618. The zero-order valence-electron chi connectivity index (χ0n) is 19.1. The van der Waals surface area contributed by atoms with Crippen LogP contribution in [0.4, 0.5) is 0 Å². The van der Waals surface area contributed by atoms with E-state index in [1.165, 1.54) is 16.7 Å². The number of methoxy groups -OCH3 is 1. The molecule has 4 rings (SSSR count). The summed E-state index contributed by atoms with van der Waals surface area (Å²) >= 11 is 0. The summed E-state index contributed by atoms with van der Waals surface area (Å²) < 4.78 is 5.29. The number of amides is 1. The molecule has 0 aliphatic carbocycles. The van der Waals surface area contributed by atoms with Crippen LogP contribution in [0.1, 0.15) is 54.5 Å². The highest BCUT2D eigenvalue weighted by Gasteiger charge is 2.34. The number of piperidine rings is 1. The molecule has 1 amide bonds. The van der Waals surface area contributed by atoms with Crippen molar-refractivity contribution in [2.75, 3.05) is 26.7 Å². The van der Waals surface area contributed by atoms with Crippen LogP contribution in [0.15, 0.2) is 47.6 Å². The molecule has 0 saturated carbocycles. The molecule has 2 aliphatic heterocycles. The first-order chi connectivity index (χ1) is 14.9. The summed E-state index contributed by atoms with van der Waals surface area (Å²) in [4.78, 5) is 15.7. The number of carbonyl (C=O) groups excluding carboxylic acids is 1. The van der Waals surface area contributed by atoms with Crippen LogP contribution < -0.4 is 4.74 Å². The third-order valence-corrected chi connectivity index (χ3v) is 6.62. The van der Waals surface area contributed by atoms with E-state index in [2.05, 4.69) is 43.9 Å². The quantitative estimate of drug-likeness (QED) is 0.704. The molecular formula is C26H33N3O2. The largest absolute Gasteiger partial charge is 0.497 e. The van der Waals surface area contributed by atoms with Crippen molar-refractivity contribution in [1.29, 1.82) is 0 Å². The molecule has 0 radical (unpaired) electrons. The first-order valence-corrected chi connectivity index (χ1v) is 11.3. The van der Waals surface area contributed by atoms with Gasteiger partial charge >= 0.3 is 0 Å². The van der Waals surface area contributed by atoms with E-state index in [1.807, 2.05) is 24.3 Å². The average molecular weight is 420 g/mol. The molecule has 2 aromatic rings. The van der Waals surface area contributed by atoms with Gasteiger partial charge in [0.2, 0.25) is 0 Å². The van der Waals surface area contributed by atoms with Crippen LogP contribution in [-0.2, 0) is 4.79 Å². The topological polar surface area (TPSA) is 45.1 Å². The SMILES string of the molecule is COc1ccc(C2=NN(C(=O)CN3CCC(C)CC3)C(c3cc(C)ccc3C)C2)cc1. The summed E-state index contributed by atoms with van der Waals surface area (Å²) in [5.41, 5.74) is 5.59. The van der Waals surface area contributed by atoms with Crippen LogP contribution in [0, 0.1) is 19.8 Å². The Labute approximate surface area is 185 Å². The van der Waals surface area contributed by atoms with E-state index in [-0.39, 0.29) is 11.9 Å². The van der Waals surface area contributed by atoms with Crippen LogP contribution >= 0.6 is 0 Å². The van der Waals surface area contributed by atoms with Crippen LogP contribution in [0.3, 0.4) is 0 Å². The highest BCUT2D eigenvalue weighted by Crippen LogP contribution is 2.35. The second kappa shape index (κ2) is 9.23. The van der Waals surface area contributed by atoms with Gasteiger partial charge in [0, 0.05) is 6.42 Å². The predicted octanol–water partition coefficient (Wildman–Crippen LogP) is 4.72. The molecule has 1 unspecified atom stereocenters. The van der Waals surface area contributed by atoms with E-state index < -0.39 is 0 Å². The van der Waals surface area contributed by atoms with Gasteiger partial charge in [-0.3, -0.25) is 9.69 Å². The molecule has 5 nitrogen and oxygen atoms in total. The summed E-state index contributed by atoms with van der Waals surface area (Å²) in [7, 11) is 1.67. The van der Waals surface area contributed by atoms with Crippen molar-refractivity contribution in [1.82, 2.24) is 9.91 Å². The summed E-state index contributed by atoms with van der Waals surface area (Å²) in [5.74, 6) is 1.66. The van der Waals surface area contributed by atoms with Crippen molar-refractivity contribution in [3.05, 3.63) is 64.7 Å². The third kappa shape index (κ3) is 4.82. The average Bonchev–Trinajstić information content (AvgIpc) is 3.22. The van der Waals surface area contributed by atoms with Crippen molar-refractivity contribution in [2.24, 2.45) is 11.0 Å². The van der Waals surface area contributed by atoms with Gasteiger partial charge < -0.3 is 4.74 Å². The third-order valence-electron chi connectivity index (χ3n) is 6.62. The van der Waals surface area contributed by atoms with Gasteiger partial charge in [0.1, 0.15) is 5.75 Å². The van der Waals surface area contributed by atoms with Crippen molar-refractivity contribution in [3.8, 4) is 5.75 Å². The Balaban J connectivity index is 1.61. The smallest absolute Gasteiger partial charge is 0.257 e. The van der Waals surface area contributed by atoms with E-state index in [0.29, 0.717) is 6.54 Å². The van der Waals surface area contributed by atoms with Crippen LogP contribution in [0.5, 0.6) is 5.75 Å². The van der Waals surface area contributed by atoms with Gasteiger partial charge in [-0.15, -0.1) is 0 Å². The summed E-state index contributed by atoms with van der Waals surface area (Å²) in [6.45, 7) is 8.93. The zero-order valence-corrected chi connectivity index (χ0v) is 19.1. The normalized spacial score (nSPS) is 20.1. The Morgan fingerprint density at radius 1 is 1.10 bits per heavy atom. The summed E-state index contributed by atoms with van der Waals surface area (Å²) in [6.07, 6.45) is 3.04. The van der Waals surface area contributed by atoms with Gasteiger partial charge in [-0.1, -0.05) is 30.7 Å². The highest BCUT2D eigenvalue weighted by atomic mass is 16.5. The van der Waals surface area contributed by atoms with Gasteiger partial charge in [-0.2, -0.15) is 5.10 Å². The first kappa shape index (κ1) is 21.6. The summed E-state index contributed by atoms with van der Waals surface area (Å²) in [6, 6.07) is 14.4. The minimum Gasteiger partial charge on any atom is -0.497 e. The fraction of sp³-hybridized carbons (Fsp3) is 0.462. The second-order valence-corrected chi connectivity index (χ2v) is 9.05. The first-order valence-electron chi connectivity index (χ1n) is 11.3. The number of ether oxygens (including phenoxy) is 1. The zero-order chi connectivity index (χ0) is 22.0. The number of benzene rings is 2. The molecule has 0 bridgehead atoms. The van der Waals surface area contributed by atoms with Crippen molar-refractivity contribution >= 4 is 11.6 Å². The highest BCUT2D eigenvalue weighted by molar-refractivity contribution is 6.03. The van der Waals surface area contributed by atoms with E-state index in [4.69, 9.17) is 9.84 Å². The lowest BCUT2D eigenvalue weighted by Gasteiger charge is -2.31. The van der Waals surface area contributed by atoms with Crippen molar-refractivity contribution in [3.63, 3.8) is 0 Å². The lowest BCUT2D eigenvalue weighted by atomic mass is 9.94. The maximum absolute atomic E-state index is 13.4. The standard InChI is InChI=1S/C26H33N3O2/c1-18-11-13-28(14-12-18)17-26(30)29-25(23-15-19(2)5-6-20(23)3)16-24(27-29)21-7-9-22(31-4)10-8-21/h5-10,15,18,25H,11-14,16-17H2,1-4H3. The van der Waals surface area contributed by atoms with E-state index in [1.54, 1.807) is 12.1 Å². The Bertz CT molecular complexity index is 959. The number of hydrogen-bond acceptors (Lipinski definition) is 4. The van der Waals surface area contributed by atoms with E-state index >= 15 is 0 Å². The molecule has 0 N–H and O–H groups in total. The lowest BCUT2D eigenvalue weighted by Crippen LogP contribution is -2.41. The molecule has 2 aliphatic rings. The monoisotopic (exact) mass is 419 g/mol. The number of hydrogen-bond donors (Lipinski definition) is 0. The number of hydrazone groups is 1. The number of nitrogens with zero attached hydrogens (tertiary/aromatic N) is 3. The Morgan fingerprint density at radius 3 is 2.48 bits per heavy atom. The molecule has 31 heavy (non-hydrogen) atoms. The Morgan fingerprint density at radius 2 is 1.81 bits per heavy atom. The Hall–Kier alpha value is -2.66. The Kier molecular flexibility index (Phi) is 6.42. The molecule has 1 fully saturated rings. The molecule has 0 spiro atoms. The van der Waals surface area contributed by atoms with Gasteiger partial charge in [0.05, 0.1) is 25.4 Å². The maximum Gasteiger partial charge on any atom is 0.257 e. The van der Waals surface area contributed by atoms with Crippen molar-refractivity contribution in [2.45, 2.75) is 46.1 Å². The number of carbonyl (C=O) groups is 1. The van der Waals surface area contributed by atoms with Gasteiger partial charge in [0.25, 0.3) is 5.91 Å². The fourth-order valence-corrected chi connectivity index (χ4v) is 4.54.